The third-order valence-electron chi connectivity index (χ3n) is 1.47. The number of rotatable bonds is 7. The Kier molecular flexibility index (Phi) is 5.71. The van der Waals surface area contributed by atoms with Crippen molar-refractivity contribution in [3.05, 3.63) is 0 Å². The Hall–Kier alpha value is -0.180. The first-order valence-electron chi connectivity index (χ1n) is 4.29. The van der Waals surface area contributed by atoms with Crippen LogP contribution in [0.15, 0.2) is 0 Å². The van der Waals surface area contributed by atoms with Gasteiger partial charge in [-0.25, -0.2) is 0 Å². The highest BCUT2D eigenvalue weighted by atomic mass is 32.2. The van der Waals surface area contributed by atoms with Crippen molar-refractivity contribution in [2.45, 2.75) is 13.3 Å². The summed E-state index contributed by atoms with van der Waals surface area (Å²) in [4.78, 5) is 0. The molecule has 0 aromatic carbocycles. The molecular formula is C7H16O6S2. The van der Waals surface area contributed by atoms with E-state index in [-0.39, 0.29) is 19.1 Å². The maximum Gasteiger partial charge on any atom is 0.264 e. The standard InChI is InChI=1S/C7H16O6S2/c1-7(6-13-15(3,10)11)4-5-12-14(2,8)9/h7H,4-6H2,1-3H3/t7-/m0/s1. The molecule has 0 fully saturated rings. The first-order chi connectivity index (χ1) is 6.60. The molecule has 6 nitrogen and oxygen atoms in total. The zero-order chi connectivity index (χ0) is 12.1. The fourth-order valence-corrected chi connectivity index (χ4v) is 1.60. The molecule has 0 spiro atoms. The lowest BCUT2D eigenvalue weighted by Gasteiger charge is -2.09. The van der Waals surface area contributed by atoms with Crippen LogP contribution in [0.5, 0.6) is 0 Å². The third-order valence-corrected chi connectivity index (χ3v) is 2.63. The maximum absolute atomic E-state index is 10.6. The smallest absolute Gasteiger partial charge is 0.264 e. The molecule has 0 aliphatic rings. The molecule has 0 amide bonds. The molecule has 0 aromatic heterocycles. The summed E-state index contributed by atoms with van der Waals surface area (Å²) < 4.78 is 51.4. The topological polar surface area (TPSA) is 86.7 Å². The Morgan fingerprint density at radius 1 is 1.00 bits per heavy atom. The van der Waals surface area contributed by atoms with Crippen molar-refractivity contribution in [1.29, 1.82) is 0 Å². The highest BCUT2D eigenvalue weighted by Gasteiger charge is 2.09. The quantitative estimate of drug-likeness (QED) is 0.597. The second kappa shape index (κ2) is 5.78. The van der Waals surface area contributed by atoms with Crippen molar-refractivity contribution >= 4 is 20.2 Å². The zero-order valence-corrected chi connectivity index (χ0v) is 10.6. The molecule has 0 rings (SSSR count). The van der Waals surface area contributed by atoms with Crippen LogP contribution in [0, 0.1) is 5.92 Å². The number of hydrogen-bond acceptors (Lipinski definition) is 6. The van der Waals surface area contributed by atoms with Gasteiger partial charge in [-0.15, -0.1) is 0 Å². The molecule has 0 N–H and O–H groups in total. The van der Waals surface area contributed by atoms with Crippen molar-refractivity contribution in [2.75, 3.05) is 25.7 Å². The van der Waals surface area contributed by atoms with E-state index in [9.17, 15) is 16.8 Å². The average Bonchev–Trinajstić information content (AvgIpc) is 1.97. The molecule has 0 saturated heterocycles. The molecule has 92 valence electrons. The Morgan fingerprint density at radius 2 is 1.47 bits per heavy atom. The molecule has 0 heterocycles. The highest BCUT2D eigenvalue weighted by Crippen LogP contribution is 2.05. The van der Waals surface area contributed by atoms with Crippen LogP contribution in [0.4, 0.5) is 0 Å². The molecule has 15 heavy (non-hydrogen) atoms. The molecule has 0 bridgehead atoms. The Bertz CT molecular complexity index is 368. The van der Waals surface area contributed by atoms with Crippen LogP contribution in [-0.4, -0.2) is 42.6 Å². The average molecular weight is 260 g/mol. The van der Waals surface area contributed by atoms with E-state index < -0.39 is 20.2 Å². The van der Waals surface area contributed by atoms with Crippen LogP contribution < -0.4 is 0 Å². The summed E-state index contributed by atoms with van der Waals surface area (Å²) in [7, 11) is -6.85. The summed E-state index contributed by atoms with van der Waals surface area (Å²) in [5.41, 5.74) is 0. The summed E-state index contributed by atoms with van der Waals surface area (Å²) >= 11 is 0. The number of hydrogen-bond donors (Lipinski definition) is 0. The van der Waals surface area contributed by atoms with Crippen molar-refractivity contribution in [3.8, 4) is 0 Å². The lowest BCUT2D eigenvalue weighted by atomic mass is 10.1. The van der Waals surface area contributed by atoms with E-state index in [1.54, 1.807) is 6.92 Å². The first kappa shape index (κ1) is 14.8. The normalized spacial score (nSPS) is 15.1. The van der Waals surface area contributed by atoms with Crippen molar-refractivity contribution in [3.63, 3.8) is 0 Å². The Morgan fingerprint density at radius 3 is 1.87 bits per heavy atom. The summed E-state index contributed by atoms with van der Waals surface area (Å²) in [6.07, 6.45) is 2.35. The van der Waals surface area contributed by atoms with Gasteiger partial charge < -0.3 is 0 Å². The van der Waals surface area contributed by atoms with E-state index in [0.717, 1.165) is 12.5 Å². The van der Waals surface area contributed by atoms with Gasteiger partial charge in [-0.3, -0.25) is 8.37 Å². The zero-order valence-electron chi connectivity index (χ0n) is 8.96. The summed E-state index contributed by atoms with van der Waals surface area (Å²) in [5.74, 6) is -0.0820. The minimum absolute atomic E-state index is 0.0337. The molecule has 1 atom stereocenters. The third kappa shape index (κ3) is 11.7. The molecule has 0 aliphatic heterocycles. The predicted octanol–water partition coefficient (Wildman–Crippen LogP) is -0.0350. The van der Waals surface area contributed by atoms with Gasteiger partial charge in [-0.1, -0.05) is 6.92 Å². The second-order valence-corrected chi connectivity index (χ2v) is 6.70. The van der Waals surface area contributed by atoms with E-state index >= 15 is 0 Å². The van der Waals surface area contributed by atoms with E-state index in [1.165, 1.54) is 0 Å². The first-order valence-corrected chi connectivity index (χ1v) is 7.92. The van der Waals surface area contributed by atoms with Crippen LogP contribution in [-0.2, 0) is 28.6 Å². The lowest BCUT2D eigenvalue weighted by molar-refractivity contribution is 0.225. The van der Waals surface area contributed by atoms with Crippen LogP contribution in [0.1, 0.15) is 13.3 Å². The fourth-order valence-electron chi connectivity index (χ4n) is 0.724. The van der Waals surface area contributed by atoms with Crippen molar-refractivity contribution in [2.24, 2.45) is 5.92 Å². The maximum atomic E-state index is 10.6. The van der Waals surface area contributed by atoms with Crippen LogP contribution in [0.3, 0.4) is 0 Å². The molecule has 0 saturated carbocycles. The van der Waals surface area contributed by atoms with Gasteiger partial charge in [0.25, 0.3) is 20.2 Å². The second-order valence-electron chi connectivity index (χ2n) is 3.41. The van der Waals surface area contributed by atoms with Gasteiger partial charge in [0.15, 0.2) is 0 Å². The highest BCUT2D eigenvalue weighted by molar-refractivity contribution is 7.86. The monoisotopic (exact) mass is 260 g/mol. The van der Waals surface area contributed by atoms with Gasteiger partial charge in [0.2, 0.25) is 0 Å². The molecule has 8 heteroatoms. The Labute approximate surface area is 90.8 Å². The predicted molar refractivity (Wildman–Crippen MR) is 55.4 cm³/mol. The minimum Gasteiger partial charge on any atom is -0.270 e. The van der Waals surface area contributed by atoms with E-state index in [4.69, 9.17) is 0 Å². The van der Waals surface area contributed by atoms with Gasteiger partial charge >= 0.3 is 0 Å². The Balaban J connectivity index is 3.72. The minimum atomic E-state index is -3.43. The van der Waals surface area contributed by atoms with E-state index in [0.29, 0.717) is 6.42 Å². The van der Waals surface area contributed by atoms with Gasteiger partial charge in [-0.2, -0.15) is 16.8 Å². The van der Waals surface area contributed by atoms with E-state index in [2.05, 4.69) is 8.37 Å². The SMILES string of the molecule is C[C@@H](CCOS(C)(=O)=O)COS(C)(=O)=O. The fraction of sp³-hybridized carbons (Fsp3) is 1.00. The van der Waals surface area contributed by atoms with Crippen molar-refractivity contribution in [1.82, 2.24) is 0 Å². The van der Waals surface area contributed by atoms with Gasteiger partial charge in [0.05, 0.1) is 25.7 Å². The summed E-state index contributed by atoms with van der Waals surface area (Å²) in [6, 6.07) is 0. The molecule has 0 aliphatic carbocycles. The van der Waals surface area contributed by atoms with Crippen molar-refractivity contribution < 1.29 is 25.2 Å². The van der Waals surface area contributed by atoms with Gasteiger partial charge in [0, 0.05) is 0 Å². The molecule has 0 aromatic rings. The summed E-state index contributed by atoms with van der Waals surface area (Å²) in [6.45, 7) is 1.82. The molecule has 0 unspecified atom stereocenters. The van der Waals surface area contributed by atoms with Crippen LogP contribution in [0.25, 0.3) is 0 Å². The molecule has 0 radical (unpaired) electrons. The van der Waals surface area contributed by atoms with Crippen LogP contribution in [0.2, 0.25) is 0 Å². The molecular weight excluding hydrogens is 244 g/mol. The lowest BCUT2D eigenvalue weighted by Crippen LogP contribution is -2.14. The van der Waals surface area contributed by atoms with E-state index in [1.807, 2.05) is 0 Å². The largest absolute Gasteiger partial charge is 0.270 e. The van der Waals surface area contributed by atoms with Gasteiger partial charge in [0.1, 0.15) is 0 Å². The van der Waals surface area contributed by atoms with Crippen LogP contribution >= 0.6 is 0 Å². The van der Waals surface area contributed by atoms with Gasteiger partial charge in [-0.05, 0) is 12.3 Å². The summed E-state index contributed by atoms with van der Waals surface area (Å²) in [5, 5.41) is 0.